The van der Waals surface area contributed by atoms with Crippen LogP contribution in [0.3, 0.4) is 0 Å². The van der Waals surface area contributed by atoms with E-state index in [1.54, 1.807) is 0 Å². The van der Waals surface area contributed by atoms with Crippen molar-refractivity contribution in [3.05, 3.63) is 0 Å². The highest BCUT2D eigenvalue weighted by atomic mass is 16.4. The van der Waals surface area contributed by atoms with Crippen LogP contribution in [-0.4, -0.2) is 66.3 Å². The molecule has 0 saturated carbocycles. The van der Waals surface area contributed by atoms with Crippen LogP contribution >= 0.6 is 0 Å². The summed E-state index contributed by atoms with van der Waals surface area (Å²) in [6.07, 6.45) is 1.27. The SMILES string of the molecule is CN(C)CCCCNC(=O)NC(CCC(=O)O)C(=O)O. The third-order valence-corrected chi connectivity index (χ3v) is 2.57. The van der Waals surface area contributed by atoms with Crippen LogP contribution in [0.1, 0.15) is 25.7 Å². The predicted octanol–water partition coefficient (Wildman–Crippen LogP) is -0.0546. The number of urea groups is 1. The Balaban J connectivity index is 3.89. The molecule has 20 heavy (non-hydrogen) atoms. The van der Waals surface area contributed by atoms with E-state index in [2.05, 4.69) is 10.6 Å². The van der Waals surface area contributed by atoms with Crippen LogP contribution in [0.2, 0.25) is 0 Å². The van der Waals surface area contributed by atoms with E-state index < -0.39 is 24.0 Å². The molecule has 0 radical (unpaired) electrons. The summed E-state index contributed by atoms with van der Waals surface area (Å²) >= 11 is 0. The third kappa shape index (κ3) is 10.1. The summed E-state index contributed by atoms with van der Waals surface area (Å²) in [6.45, 7) is 1.37. The van der Waals surface area contributed by atoms with Crippen molar-refractivity contribution < 1.29 is 24.6 Å². The van der Waals surface area contributed by atoms with Crippen LogP contribution in [0.5, 0.6) is 0 Å². The van der Waals surface area contributed by atoms with Crippen LogP contribution in [0.15, 0.2) is 0 Å². The number of carbonyl (C=O) groups excluding carboxylic acids is 1. The van der Waals surface area contributed by atoms with Gasteiger partial charge in [-0.1, -0.05) is 0 Å². The van der Waals surface area contributed by atoms with Crippen molar-refractivity contribution in [2.24, 2.45) is 0 Å². The Morgan fingerprint density at radius 1 is 1.15 bits per heavy atom. The maximum Gasteiger partial charge on any atom is 0.326 e. The third-order valence-electron chi connectivity index (χ3n) is 2.57. The van der Waals surface area contributed by atoms with E-state index in [1.807, 2.05) is 19.0 Å². The van der Waals surface area contributed by atoms with Gasteiger partial charge in [-0.25, -0.2) is 9.59 Å². The Hall–Kier alpha value is -1.83. The molecule has 0 aliphatic heterocycles. The highest BCUT2D eigenvalue weighted by Gasteiger charge is 2.20. The Morgan fingerprint density at radius 2 is 1.80 bits per heavy atom. The molecule has 1 atom stereocenters. The largest absolute Gasteiger partial charge is 0.481 e. The topological polar surface area (TPSA) is 119 Å². The standard InChI is InChI=1S/C12H23N3O5/c1-15(2)8-4-3-7-13-12(20)14-9(11(18)19)5-6-10(16)17/h9H,3-8H2,1-2H3,(H,16,17)(H,18,19)(H2,13,14,20). The highest BCUT2D eigenvalue weighted by molar-refractivity contribution is 5.82. The zero-order valence-electron chi connectivity index (χ0n) is 11.9. The number of nitrogens with one attached hydrogen (secondary N) is 2. The fourth-order valence-electron chi connectivity index (χ4n) is 1.49. The number of amides is 2. The quantitative estimate of drug-likeness (QED) is 0.418. The molecule has 8 nitrogen and oxygen atoms in total. The van der Waals surface area contributed by atoms with Gasteiger partial charge in [-0.2, -0.15) is 0 Å². The van der Waals surface area contributed by atoms with Crippen molar-refractivity contribution in [3.8, 4) is 0 Å². The lowest BCUT2D eigenvalue weighted by Gasteiger charge is -2.14. The molecule has 0 aliphatic rings. The maximum atomic E-state index is 11.5. The van der Waals surface area contributed by atoms with E-state index >= 15 is 0 Å². The summed E-state index contributed by atoms with van der Waals surface area (Å²) in [4.78, 5) is 34.7. The number of carboxylic acid groups (broad SMARTS) is 2. The van der Waals surface area contributed by atoms with Crippen LogP contribution in [0.4, 0.5) is 4.79 Å². The van der Waals surface area contributed by atoms with Crippen molar-refractivity contribution in [1.29, 1.82) is 0 Å². The Labute approximate surface area is 118 Å². The van der Waals surface area contributed by atoms with Gasteiger partial charge in [-0.05, 0) is 39.9 Å². The molecule has 2 amide bonds. The van der Waals surface area contributed by atoms with Crippen molar-refractivity contribution in [2.45, 2.75) is 31.7 Å². The van der Waals surface area contributed by atoms with Gasteiger partial charge >= 0.3 is 18.0 Å². The second-order valence-corrected chi connectivity index (χ2v) is 4.73. The minimum absolute atomic E-state index is 0.140. The summed E-state index contributed by atoms with van der Waals surface area (Å²) in [5.41, 5.74) is 0. The minimum Gasteiger partial charge on any atom is -0.481 e. The second-order valence-electron chi connectivity index (χ2n) is 4.73. The molecule has 0 aliphatic carbocycles. The first-order valence-corrected chi connectivity index (χ1v) is 6.46. The zero-order valence-corrected chi connectivity index (χ0v) is 11.9. The summed E-state index contributed by atoms with van der Waals surface area (Å²) in [6, 6.07) is -1.78. The number of hydrogen-bond acceptors (Lipinski definition) is 4. The van der Waals surface area contributed by atoms with E-state index in [4.69, 9.17) is 10.2 Å². The summed E-state index contributed by atoms with van der Waals surface area (Å²) < 4.78 is 0. The van der Waals surface area contributed by atoms with Crippen molar-refractivity contribution >= 4 is 18.0 Å². The first-order chi connectivity index (χ1) is 9.32. The molecule has 0 aromatic heterocycles. The summed E-state index contributed by atoms with van der Waals surface area (Å²) in [7, 11) is 3.92. The number of rotatable bonds is 10. The first-order valence-electron chi connectivity index (χ1n) is 6.46. The van der Waals surface area contributed by atoms with Gasteiger partial charge in [0.25, 0.3) is 0 Å². The summed E-state index contributed by atoms with van der Waals surface area (Å²) in [5, 5.41) is 22.2. The van der Waals surface area contributed by atoms with Crippen LogP contribution in [-0.2, 0) is 9.59 Å². The van der Waals surface area contributed by atoms with Gasteiger partial charge in [0.15, 0.2) is 0 Å². The van der Waals surface area contributed by atoms with Crippen molar-refractivity contribution in [2.75, 3.05) is 27.2 Å². The molecule has 116 valence electrons. The number of aliphatic carboxylic acids is 2. The normalized spacial score (nSPS) is 11.9. The molecule has 1 unspecified atom stereocenters. The maximum absolute atomic E-state index is 11.5. The van der Waals surface area contributed by atoms with Gasteiger partial charge in [-0.15, -0.1) is 0 Å². The lowest BCUT2D eigenvalue weighted by Crippen LogP contribution is -2.46. The number of nitrogens with zero attached hydrogens (tertiary/aromatic N) is 1. The smallest absolute Gasteiger partial charge is 0.326 e. The molecule has 0 bridgehead atoms. The second kappa shape index (κ2) is 10.0. The van der Waals surface area contributed by atoms with Gasteiger partial charge in [-0.3, -0.25) is 4.79 Å². The molecule has 8 heteroatoms. The molecular weight excluding hydrogens is 266 g/mol. The molecule has 0 heterocycles. The van der Waals surface area contributed by atoms with Crippen molar-refractivity contribution in [1.82, 2.24) is 15.5 Å². The van der Waals surface area contributed by atoms with E-state index in [-0.39, 0.29) is 12.8 Å². The number of carbonyl (C=O) groups is 3. The molecular formula is C12H23N3O5. The molecule has 0 aromatic carbocycles. The van der Waals surface area contributed by atoms with E-state index in [1.165, 1.54) is 0 Å². The number of carboxylic acids is 2. The molecule has 0 rings (SSSR count). The Morgan fingerprint density at radius 3 is 2.30 bits per heavy atom. The zero-order chi connectivity index (χ0) is 15.5. The van der Waals surface area contributed by atoms with Crippen molar-refractivity contribution in [3.63, 3.8) is 0 Å². The molecule has 0 fully saturated rings. The Bertz CT molecular complexity index is 333. The van der Waals surface area contributed by atoms with E-state index in [0.717, 1.165) is 19.4 Å². The van der Waals surface area contributed by atoms with Crippen LogP contribution in [0.25, 0.3) is 0 Å². The lowest BCUT2D eigenvalue weighted by atomic mass is 10.1. The lowest BCUT2D eigenvalue weighted by molar-refractivity contribution is -0.140. The average molecular weight is 289 g/mol. The number of hydrogen-bond donors (Lipinski definition) is 4. The van der Waals surface area contributed by atoms with Gasteiger partial charge < -0.3 is 25.7 Å². The van der Waals surface area contributed by atoms with Gasteiger partial charge in [0, 0.05) is 13.0 Å². The first kappa shape index (κ1) is 18.2. The predicted molar refractivity (Wildman–Crippen MR) is 72.6 cm³/mol. The monoisotopic (exact) mass is 289 g/mol. The van der Waals surface area contributed by atoms with E-state index in [9.17, 15) is 14.4 Å². The van der Waals surface area contributed by atoms with Gasteiger partial charge in [0.05, 0.1) is 0 Å². The highest BCUT2D eigenvalue weighted by Crippen LogP contribution is 1.98. The fourth-order valence-corrected chi connectivity index (χ4v) is 1.49. The minimum atomic E-state index is -1.24. The Kier molecular flexibility index (Phi) is 9.10. The van der Waals surface area contributed by atoms with Crippen LogP contribution < -0.4 is 10.6 Å². The van der Waals surface area contributed by atoms with Gasteiger partial charge in [0.1, 0.15) is 6.04 Å². The molecule has 0 spiro atoms. The van der Waals surface area contributed by atoms with E-state index in [0.29, 0.717) is 6.54 Å². The summed E-state index contributed by atoms with van der Waals surface area (Å²) in [5.74, 6) is -2.34. The average Bonchev–Trinajstić information content (AvgIpc) is 2.32. The molecule has 0 saturated heterocycles. The van der Waals surface area contributed by atoms with Gasteiger partial charge in [0.2, 0.25) is 0 Å². The molecule has 0 aromatic rings. The molecule has 4 N–H and O–H groups in total. The fraction of sp³-hybridized carbons (Fsp3) is 0.750. The van der Waals surface area contributed by atoms with Crippen LogP contribution in [0, 0.1) is 0 Å². The number of unbranched alkanes of at least 4 members (excludes halogenated alkanes) is 1.